The van der Waals surface area contributed by atoms with Crippen LogP contribution in [0.4, 0.5) is 5.13 Å². The highest BCUT2D eigenvalue weighted by Crippen LogP contribution is 2.45. The van der Waals surface area contributed by atoms with E-state index < -0.39 is 23.7 Å². The monoisotopic (exact) mass is 634 g/mol. The molecule has 1 atom stereocenters. The SMILES string of the molecule is C=CCOC(=O)c1sc(N2C(=O)C(=O)/C(=C(\O)c3ccc(OCCCC)cc3)C2c2ccc(OCCCC)c(OC)c2)nc1C. The molecular formula is C34H38N2O8S. The molecule has 0 bridgehead atoms. The highest BCUT2D eigenvalue weighted by Gasteiger charge is 2.48. The molecule has 4 rings (SSSR count). The first-order chi connectivity index (χ1) is 21.7. The number of amides is 1. The zero-order valence-corrected chi connectivity index (χ0v) is 26.8. The Kier molecular flexibility index (Phi) is 11.4. The van der Waals surface area contributed by atoms with Gasteiger partial charge in [-0.25, -0.2) is 9.78 Å². The van der Waals surface area contributed by atoms with Crippen LogP contribution in [0.25, 0.3) is 5.76 Å². The number of rotatable bonds is 15. The Bertz CT molecular complexity index is 1580. The Hall–Kier alpha value is -4.64. The Morgan fingerprint density at radius 1 is 1.04 bits per heavy atom. The Morgan fingerprint density at radius 3 is 2.38 bits per heavy atom. The van der Waals surface area contributed by atoms with Crippen LogP contribution in [0.2, 0.25) is 0 Å². The summed E-state index contributed by atoms with van der Waals surface area (Å²) in [4.78, 5) is 45.9. The van der Waals surface area contributed by atoms with E-state index >= 15 is 0 Å². The number of Topliss-reactive ketones (excluding diaryl/α,β-unsaturated/α-hetero) is 1. The van der Waals surface area contributed by atoms with E-state index in [0.717, 1.165) is 37.0 Å². The van der Waals surface area contributed by atoms with Gasteiger partial charge in [0.1, 0.15) is 23.0 Å². The van der Waals surface area contributed by atoms with Crippen LogP contribution in [0.15, 0.2) is 60.7 Å². The van der Waals surface area contributed by atoms with Crippen molar-refractivity contribution in [3.8, 4) is 17.2 Å². The third kappa shape index (κ3) is 7.37. The van der Waals surface area contributed by atoms with Gasteiger partial charge in [0.05, 0.1) is 37.6 Å². The first-order valence-corrected chi connectivity index (χ1v) is 15.7. The molecule has 0 radical (unpaired) electrons. The van der Waals surface area contributed by atoms with Gasteiger partial charge in [-0.2, -0.15) is 0 Å². The first-order valence-electron chi connectivity index (χ1n) is 14.9. The summed E-state index contributed by atoms with van der Waals surface area (Å²) in [6.45, 7) is 10.4. The highest BCUT2D eigenvalue weighted by molar-refractivity contribution is 7.17. The van der Waals surface area contributed by atoms with Crippen molar-refractivity contribution in [2.45, 2.75) is 52.5 Å². The molecule has 1 saturated heterocycles. The zero-order valence-electron chi connectivity index (χ0n) is 26.0. The maximum Gasteiger partial charge on any atom is 0.350 e. The second kappa shape index (κ2) is 15.4. The number of ketones is 1. The maximum atomic E-state index is 13.7. The third-order valence-corrected chi connectivity index (χ3v) is 8.24. The summed E-state index contributed by atoms with van der Waals surface area (Å²) in [5.41, 5.74) is 1.00. The lowest BCUT2D eigenvalue weighted by Crippen LogP contribution is -2.29. The third-order valence-electron chi connectivity index (χ3n) is 7.11. The molecule has 2 aromatic carbocycles. The smallest absolute Gasteiger partial charge is 0.350 e. The predicted octanol–water partition coefficient (Wildman–Crippen LogP) is 6.79. The average molecular weight is 635 g/mol. The topological polar surface area (TPSA) is 124 Å². The number of aromatic nitrogens is 1. The largest absolute Gasteiger partial charge is 0.507 e. The van der Waals surface area contributed by atoms with E-state index in [0.29, 0.717) is 47.3 Å². The van der Waals surface area contributed by atoms with E-state index in [1.54, 1.807) is 49.4 Å². The van der Waals surface area contributed by atoms with Crippen molar-refractivity contribution in [2.75, 3.05) is 31.8 Å². The molecule has 1 amide bonds. The Morgan fingerprint density at radius 2 is 1.73 bits per heavy atom. The van der Waals surface area contributed by atoms with Crippen molar-refractivity contribution < 1.29 is 38.4 Å². The molecule has 11 heteroatoms. The number of esters is 1. The number of hydrogen-bond donors (Lipinski definition) is 1. The second-order valence-electron chi connectivity index (χ2n) is 10.3. The van der Waals surface area contributed by atoms with Crippen LogP contribution in [0.1, 0.15) is 72.1 Å². The lowest BCUT2D eigenvalue weighted by atomic mass is 9.95. The van der Waals surface area contributed by atoms with E-state index in [1.807, 2.05) is 0 Å². The molecule has 1 aliphatic rings. The van der Waals surface area contributed by atoms with E-state index in [2.05, 4.69) is 25.4 Å². The standard InChI is InChI=1S/C34H38N2O8S/c1-6-9-18-42-24-14-11-22(12-15-24)29(37)27-28(23-13-16-25(26(20-23)41-5)43-19-10-7-2)36(32(39)30(27)38)34-35-21(4)31(45-34)33(40)44-17-8-3/h8,11-16,20,28,37H,3,6-7,9-10,17-19H2,1-2,4-5H3/b29-27-. The van der Waals surface area contributed by atoms with Crippen molar-refractivity contribution >= 4 is 39.9 Å². The number of unbranched alkanes of at least 4 members (excludes halogenated alkanes) is 2. The van der Waals surface area contributed by atoms with Gasteiger partial charge in [-0.1, -0.05) is 56.7 Å². The molecule has 10 nitrogen and oxygen atoms in total. The molecule has 45 heavy (non-hydrogen) atoms. The number of ether oxygens (including phenoxy) is 4. The van der Waals surface area contributed by atoms with Crippen molar-refractivity contribution in [2.24, 2.45) is 0 Å². The van der Waals surface area contributed by atoms with Gasteiger partial charge >= 0.3 is 11.9 Å². The summed E-state index contributed by atoms with van der Waals surface area (Å²) in [5, 5.41) is 11.7. The van der Waals surface area contributed by atoms with Crippen LogP contribution in [0.5, 0.6) is 17.2 Å². The van der Waals surface area contributed by atoms with E-state index in [-0.39, 0.29) is 27.9 Å². The van der Waals surface area contributed by atoms with Crippen molar-refractivity contribution in [3.05, 3.63) is 82.4 Å². The number of nitrogens with zero attached hydrogens (tertiary/aromatic N) is 2. The average Bonchev–Trinajstić information content (AvgIpc) is 3.56. The summed E-state index contributed by atoms with van der Waals surface area (Å²) in [6, 6.07) is 10.7. The van der Waals surface area contributed by atoms with Crippen LogP contribution < -0.4 is 19.1 Å². The number of hydrogen-bond acceptors (Lipinski definition) is 10. The summed E-state index contributed by atoms with van der Waals surface area (Å²) in [7, 11) is 1.50. The first kappa shape index (κ1) is 33.3. The number of aliphatic hydroxyl groups excluding tert-OH is 1. The van der Waals surface area contributed by atoms with Crippen LogP contribution in [-0.2, 0) is 14.3 Å². The van der Waals surface area contributed by atoms with E-state index in [4.69, 9.17) is 18.9 Å². The molecule has 1 aliphatic heterocycles. The lowest BCUT2D eigenvalue weighted by Gasteiger charge is -2.24. The summed E-state index contributed by atoms with van der Waals surface area (Å²) >= 11 is 0.923. The Balaban J connectivity index is 1.83. The summed E-state index contributed by atoms with van der Waals surface area (Å²) < 4.78 is 22.4. The van der Waals surface area contributed by atoms with Crippen LogP contribution in [0, 0.1) is 6.92 Å². The molecule has 0 aliphatic carbocycles. The second-order valence-corrected chi connectivity index (χ2v) is 11.3. The quantitative estimate of drug-likeness (QED) is 0.0481. The number of benzene rings is 2. The summed E-state index contributed by atoms with van der Waals surface area (Å²) in [6.07, 6.45) is 5.15. The number of anilines is 1. The van der Waals surface area contributed by atoms with Gasteiger partial charge in [0, 0.05) is 5.56 Å². The van der Waals surface area contributed by atoms with E-state index in [1.165, 1.54) is 18.1 Å². The van der Waals surface area contributed by atoms with Gasteiger partial charge in [-0.3, -0.25) is 14.5 Å². The highest BCUT2D eigenvalue weighted by atomic mass is 32.1. The zero-order chi connectivity index (χ0) is 32.5. The molecule has 1 fully saturated rings. The minimum atomic E-state index is -1.09. The van der Waals surface area contributed by atoms with Gasteiger partial charge in [0.25, 0.3) is 5.78 Å². The van der Waals surface area contributed by atoms with Crippen LogP contribution >= 0.6 is 11.3 Å². The number of methoxy groups -OCH3 is 1. The van der Waals surface area contributed by atoms with Gasteiger partial charge in [-0.05, 0) is 61.7 Å². The molecule has 1 aromatic heterocycles. The summed E-state index contributed by atoms with van der Waals surface area (Å²) in [5.74, 6) is -1.26. The maximum absolute atomic E-state index is 13.7. The fourth-order valence-electron chi connectivity index (χ4n) is 4.72. The van der Waals surface area contributed by atoms with Crippen molar-refractivity contribution in [3.63, 3.8) is 0 Å². The van der Waals surface area contributed by atoms with Gasteiger partial charge in [0.2, 0.25) is 0 Å². The Labute approximate surface area is 266 Å². The minimum Gasteiger partial charge on any atom is -0.507 e. The molecule has 238 valence electrons. The van der Waals surface area contributed by atoms with Crippen LogP contribution in [-0.4, -0.2) is 54.7 Å². The molecular weight excluding hydrogens is 596 g/mol. The van der Waals surface area contributed by atoms with E-state index in [9.17, 15) is 19.5 Å². The predicted molar refractivity (Wildman–Crippen MR) is 172 cm³/mol. The number of aryl methyl sites for hydroxylation is 1. The van der Waals surface area contributed by atoms with Crippen molar-refractivity contribution in [1.29, 1.82) is 0 Å². The van der Waals surface area contributed by atoms with Gasteiger partial charge < -0.3 is 24.1 Å². The molecule has 2 heterocycles. The number of carbonyl (C=O) groups is 3. The normalized spacial score (nSPS) is 15.6. The van der Waals surface area contributed by atoms with Crippen LogP contribution in [0.3, 0.4) is 0 Å². The molecule has 1 unspecified atom stereocenters. The molecule has 1 N–H and O–H groups in total. The molecule has 0 saturated carbocycles. The number of thiazole rings is 1. The van der Waals surface area contributed by atoms with Gasteiger partial charge in [0.15, 0.2) is 16.6 Å². The van der Waals surface area contributed by atoms with Gasteiger partial charge in [-0.15, -0.1) is 0 Å². The molecule has 3 aromatic rings. The number of aliphatic hydroxyl groups is 1. The van der Waals surface area contributed by atoms with Crippen molar-refractivity contribution in [1.82, 2.24) is 4.98 Å². The minimum absolute atomic E-state index is 0.00489. The number of carbonyl (C=O) groups excluding carboxylic acids is 3. The molecule has 0 spiro atoms. The lowest BCUT2D eigenvalue weighted by molar-refractivity contribution is -0.132. The fourth-order valence-corrected chi connectivity index (χ4v) is 5.71. The fraction of sp³-hybridized carbons (Fsp3) is 0.353.